The molecule has 2 aliphatic carbocycles. The monoisotopic (exact) mass is 394 g/mol. The Hall–Kier alpha value is -1.06. The van der Waals surface area contributed by atoms with E-state index in [-0.39, 0.29) is 37.0 Å². The van der Waals surface area contributed by atoms with E-state index in [0.717, 1.165) is 25.7 Å². The quantitative estimate of drug-likeness (QED) is 0.514. The van der Waals surface area contributed by atoms with Crippen LogP contribution in [0.1, 0.15) is 92.9 Å². The van der Waals surface area contributed by atoms with Gasteiger partial charge in [-0.05, 0) is 61.2 Å². The van der Waals surface area contributed by atoms with Crippen molar-refractivity contribution >= 4 is 11.9 Å². The van der Waals surface area contributed by atoms with Crippen molar-refractivity contribution in [1.29, 1.82) is 0 Å². The highest BCUT2D eigenvalue weighted by Gasteiger charge is 2.35. The minimum atomic E-state index is -0.251. The summed E-state index contributed by atoms with van der Waals surface area (Å²) in [5, 5.41) is 0. The van der Waals surface area contributed by atoms with Crippen LogP contribution in [0.2, 0.25) is 0 Å². The first-order valence-corrected chi connectivity index (χ1v) is 11.6. The van der Waals surface area contributed by atoms with Gasteiger partial charge >= 0.3 is 11.9 Å². The fourth-order valence-electron chi connectivity index (χ4n) is 5.16. The van der Waals surface area contributed by atoms with Crippen LogP contribution in [0.15, 0.2) is 0 Å². The van der Waals surface area contributed by atoms with Crippen molar-refractivity contribution < 1.29 is 19.1 Å². The van der Waals surface area contributed by atoms with Crippen LogP contribution in [-0.2, 0) is 19.1 Å². The summed E-state index contributed by atoms with van der Waals surface area (Å²) < 4.78 is 11.6. The molecule has 0 heterocycles. The third-order valence-electron chi connectivity index (χ3n) is 7.02. The molecule has 6 atom stereocenters. The Morgan fingerprint density at radius 1 is 0.714 bits per heavy atom. The summed E-state index contributed by atoms with van der Waals surface area (Å²) in [5.41, 5.74) is 0. The predicted octanol–water partition coefficient (Wildman–Crippen LogP) is 5.77. The molecule has 2 rings (SSSR count). The molecule has 0 aromatic rings. The van der Waals surface area contributed by atoms with Crippen molar-refractivity contribution in [2.45, 2.75) is 105 Å². The number of ether oxygens (including phenoxy) is 2. The van der Waals surface area contributed by atoms with Crippen LogP contribution in [-0.4, -0.2) is 24.1 Å². The highest BCUT2D eigenvalue weighted by Crippen LogP contribution is 2.36. The second-order valence-electron chi connectivity index (χ2n) is 10.2. The molecule has 0 spiro atoms. The van der Waals surface area contributed by atoms with E-state index in [9.17, 15) is 9.59 Å². The summed E-state index contributed by atoms with van der Waals surface area (Å²) in [6.07, 6.45) is 6.79. The molecule has 0 bridgehead atoms. The van der Waals surface area contributed by atoms with Crippen LogP contribution in [0.4, 0.5) is 0 Å². The summed E-state index contributed by atoms with van der Waals surface area (Å²) in [5.74, 6) is 2.58. The number of hydrogen-bond acceptors (Lipinski definition) is 4. The van der Waals surface area contributed by atoms with Gasteiger partial charge in [0.05, 0.1) is 12.8 Å². The second kappa shape index (κ2) is 10.6. The van der Waals surface area contributed by atoms with Crippen molar-refractivity contribution in [2.24, 2.45) is 35.5 Å². The molecule has 0 aromatic carbocycles. The fraction of sp³-hybridized carbons (Fsp3) is 0.917. The molecule has 4 heteroatoms. The zero-order chi connectivity index (χ0) is 20.8. The molecule has 28 heavy (non-hydrogen) atoms. The lowest BCUT2D eigenvalue weighted by molar-refractivity contribution is -0.163. The molecule has 0 aliphatic heterocycles. The van der Waals surface area contributed by atoms with E-state index in [1.54, 1.807) is 0 Å². The summed E-state index contributed by atoms with van der Waals surface area (Å²) in [6.45, 7) is 13.3. The zero-order valence-corrected chi connectivity index (χ0v) is 18.9. The van der Waals surface area contributed by atoms with Gasteiger partial charge in [-0.15, -0.1) is 0 Å². The lowest BCUT2D eigenvalue weighted by Gasteiger charge is -2.37. The summed E-state index contributed by atoms with van der Waals surface area (Å²) in [6, 6.07) is 0. The molecule has 0 N–H and O–H groups in total. The Kier molecular flexibility index (Phi) is 8.82. The van der Waals surface area contributed by atoms with E-state index in [2.05, 4.69) is 41.5 Å². The standard InChI is InChI=1S/C24H42O4/c1-15(2)19-9-7-17(5)13-21(19)27-23(25)11-12-24(26)28-22-14-18(6)8-10-20(22)16(3)4/h15-22H,7-14H2,1-6H3/t17-,18-,19?,20?,21?,22?/m0/s1. The van der Waals surface area contributed by atoms with Gasteiger partial charge in [-0.1, -0.05) is 54.4 Å². The maximum Gasteiger partial charge on any atom is 0.306 e. The van der Waals surface area contributed by atoms with Crippen LogP contribution < -0.4 is 0 Å². The lowest BCUT2D eigenvalue weighted by Crippen LogP contribution is -2.36. The molecule has 4 nitrogen and oxygen atoms in total. The molecule has 162 valence electrons. The number of carbonyl (C=O) groups excluding carboxylic acids is 2. The minimum Gasteiger partial charge on any atom is -0.462 e. The first-order chi connectivity index (χ1) is 13.2. The van der Waals surface area contributed by atoms with E-state index in [1.807, 2.05) is 0 Å². The van der Waals surface area contributed by atoms with Crippen LogP contribution in [0.5, 0.6) is 0 Å². The normalized spacial score (nSPS) is 33.7. The average molecular weight is 395 g/mol. The lowest BCUT2D eigenvalue weighted by atomic mass is 9.75. The molecule has 0 aromatic heterocycles. The fourth-order valence-corrected chi connectivity index (χ4v) is 5.16. The molecule has 4 unspecified atom stereocenters. The predicted molar refractivity (Wildman–Crippen MR) is 112 cm³/mol. The van der Waals surface area contributed by atoms with Crippen molar-refractivity contribution in [2.75, 3.05) is 0 Å². The third-order valence-corrected chi connectivity index (χ3v) is 7.02. The van der Waals surface area contributed by atoms with Crippen molar-refractivity contribution in [3.05, 3.63) is 0 Å². The molecular weight excluding hydrogens is 352 g/mol. The number of carbonyl (C=O) groups is 2. The van der Waals surface area contributed by atoms with Gasteiger partial charge in [0.25, 0.3) is 0 Å². The maximum absolute atomic E-state index is 12.4. The van der Waals surface area contributed by atoms with Gasteiger partial charge in [-0.25, -0.2) is 0 Å². The first-order valence-electron chi connectivity index (χ1n) is 11.6. The Balaban J connectivity index is 1.80. The van der Waals surface area contributed by atoms with Crippen LogP contribution in [0, 0.1) is 35.5 Å². The van der Waals surface area contributed by atoms with Gasteiger partial charge in [0.1, 0.15) is 12.2 Å². The van der Waals surface area contributed by atoms with E-state index < -0.39 is 0 Å². The molecule has 0 saturated heterocycles. The molecule has 2 aliphatic rings. The third kappa shape index (κ3) is 6.77. The Bertz CT molecular complexity index is 467. The summed E-state index contributed by atoms with van der Waals surface area (Å²) >= 11 is 0. The van der Waals surface area contributed by atoms with Crippen LogP contribution in [0.25, 0.3) is 0 Å². The van der Waals surface area contributed by atoms with Gasteiger partial charge in [0, 0.05) is 0 Å². The van der Waals surface area contributed by atoms with Crippen LogP contribution >= 0.6 is 0 Å². The molecule has 0 radical (unpaired) electrons. The molecule has 2 fully saturated rings. The molecule has 0 amide bonds. The first kappa shape index (κ1) is 23.2. The highest BCUT2D eigenvalue weighted by molar-refractivity contribution is 5.77. The van der Waals surface area contributed by atoms with Gasteiger partial charge < -0.3 is 9.47 Å². The zero-order valence-electron chi connectivity index (χ0n) is 18.9. The van der Waals surface area contributed by atoms with Gasteiger partial charge in [-0.3, -0.25) is 9.59 Å². The van der Waals surface area contributed by atoms with E-state index in [0.29, 0.717) is 35.5 Å². The Labute approximate surface area is 172 Å². The van der Waals surface area contributed by atoms with Crippen molar-refractivity contribution in [3.63, 3.8) is 0 Å². The highest BCUT2D eigenvalue weighted by atomic mass is 16.6. The van der Waals surface area contributed by atoms with Crippen molar-refractivity contribution in [3.8, 4) is 0 Å². The second-order valence-corrected chi connectivity index (χ2v) is 10.2. The topological polar surface area (TPSA) is 52.6 Å². The smallest absolute Gasteiger partial charge is 0.306 e. The van der Waals surface area contributed by atoms with Gasteiger partial charge in [0.2, 0.25) is 0 Å². The Morgan fingerprint density at radius 3 is 1.39 bits per heavy atom. The van der Waals surface area contributed by atoms with E-state index in [1.165, 1.54) is 12.8 Å². The number of rotatable bonds is 7. The van der Waals surface area contributed by atoms with Gasteiger partial charge in [0.15, 0.2) is 0 Å². The minimum absolute atomic E-state index is 0.00298. The molecular formula is C24H42O4. The maximum atomic E-state index is 12.4. The largest absolute Gasteiger partial charge is 0.462 e. The van der Waals surface area contributed by atoms with Crippen molar-refractivity contribution in [1.82, 2.24) is 0 Å². The van der Waals surface area contributed by atoms with E-state index in [4.69, 9.17) is 9.47 Å². The number of hydrogen-bond donors (Lipinski definition) is 0. The van der Waals surface area contributed by atoms with Crippen LogP contribution in [0.3, 0.4) is 0 Å². The van der Waals surface area contributed by atoms with E-state index >= 15 is 0 Å². The Morgan fingerprint density at radius 2 is 1.07 bits per heavy atom. The molecule has 2 saturated carbocycles. The van der Waals surface area contributed by atoms with Gasteiger partial charge in [-0.2, -0.15) is 0 Å². The SMILES string of the molecule is CC(C)C1CC[C@H](C)CC1OC(=O)CCC(=O)OC1C[C@@H](C)CCC1C(C)C. The number of esters is 2. The summed E-state index contributed by atoms with van der Waals surface area (Å²) in [7, 11) is 0. The summed E-state index contributed by atoms with van der Waals surface area (Å²) in [4.78, 5) is 24.8. The average Bonchev–Trinajstić information content (AvgIpc) is 2.59.